The molecule has 2 heteroatoms. The molecule has 0 radical (unpaired) electrons. The van der Waals surface area contributed by atoms with Gasteiger partial charge in [-0.15, -0.1) is 11.3 Å². The van der Waals surface area contributed by atoms with Crippen molar-refractivity contribution in [1.29, 1.82) is 0 Å². The van der Waals surface area contributed by atoms with E-state index in [-0.39, 0.29) is 0 Å². The van der Waals surface area contributed by atoms with E-state index in [0.717, 1.165) is 0 Å². The van der Waals surface area contributed by atoms with Crippen LogP contribution in [0.2, 0.25) is 0 Å². The highest BCUT2D eigenvalue weighted by Gasteiger charge is 2.03. The van der Waals surface area contributed by atoms with Crippen LogP contribution in [0.25, 0.3) is 0 Å². The minimum Gasteiger partial charge on any atom is -0.250 e. The van der Waals surface area contributed by atoms with Crippen molar-refractivity contribution in [2.45, 2.75) is 26.7 Å². The Bertz CT molecular complexity index is 191. The van der Waals surface area contributed by atoms with Crippen LogP contribution in [-0.4, -0.2) is 4.98 Å². The standard InChI is InChI=1S/C7H11NS/c1-5(2)7-6(3)8-4-9-7/h4-5H,1-3H3. The van der Waals surface area contributed by atoms with E-state index in [1.165, 1.54) is 10.6 Å². The van der Waals surface area contributed by atoms with E-state index >= 15 is 0 Å². The third-order valence-corrected chi connectivity index (χ3v) is 2.54. The molecular weight excluding hydrogens is 130 g/mol. The molecule has 9 heavy (non-hydrogen) atoms. The number of aromatic nitrogens is 1. The molecule has 0 aromatic carbocycles. The van der Waals surface area contributed by atoms with Crippen molar-refractivity contribution in [2.24, 2.45) is 0 Å². The topological polar surface area (TPSA) is 12.9 Å². The SMILES string of the molecule is Cc1ncsc1C(C)C. The molecule has 0 saturated heterocycles. The second-order valence-electron chi connectivity index (χ2n) is 2.46. The van der Waals surface area contributed by atoms with Crippen LogP contribution < -0.4 is 0 Å². The Morgan fingerprint density at radius 3 is 2.44 bits per heavy atom. The average Bonchev–Trinajstić information content (AvgIpc) is 2.13. The molecule has 0 amide bonds. The van der Waals surface area contributed by atoms with Gasteiger partial charge in [-0.1, -0.05) is 13.8 Å². The summed E-state index contributed by atoms with van der Waals surface area (Å²) in [4.78, 5) is 5.57. The summed E-state index contributed by atoms with van der Waals surface area (Å²) in [5.74, 6) is 0.637. The summed E-state index contributed by atoms with van der Waals surface area (Å²) < 4.78 is 0. The number of aryl methyl sites for hydroxylation is 1. The summed E-state index contributed by atoms with van der Waals surface area (Å²) in [6.07, 6.45) is 0. The Balaban J connectivity index is 2.94. The van der Waals surface area contributed by atoms with Gasteiger partial charge >= 0.3 is 0 Å². The molecule has 0 aliphatic heterocycles. The molecular formula is C7H11NS. The van der Waals surface area contributed by atoms with Gasteiger partial charge in [0.2, 0.25) is 0 Å². The van der Waals surface area contributed by atoms with Crippen molar-refractivity contribution in [3.63, 3.8) is 0 Å². The average molecular weight is 141 g/mol. The molecule has 0 bridgehead atoms. The molecule has 0 N–H and O–H groups in total. The molecule has 1 rings (SSSR count). The van der Waals surface area contributed by atoms with Gasteiger partial charge in [-0.05, 0) is 12.8 Å². The largest absolute Gasteiger partial charge is 0.250 e. The molecule has 1 aromatic rings. The highest BCUT2D eigenvalue weighted by molar-refractivity contribution is 7.09. The van der Waals surface area contributed by atoms with Crippen LogP contribution in [0, 0.1) is 6.92 Å². The maximum Gasteiger partial charge on any atom is 0.0797 e. The predicted molar refractivity (Wildman–Crippen MR) is 40.9 cm³/mol. The van der Waals surface area contributed by atoms with Gasteiger partial charge in [0.15, 0.2) is 0 Å². The van der Waals surface area contributed by atoms with E-state index in [1.54, 1.807) is 11.3 Å². The third kappa shape index (κ3) is 1.30. The molecule has 0 aliphatic rings. The highest BCUT2D eigenvalue weighted by Crippen LogP contribution is 2.21. The first-order valence-corrected chi connectivity index (χ1v) is 3.99. The zero-order chi connectivity index (χ0) is 6.85. The molecule has 0 atom stereocenters. The van der Waals surface area contributed by atoms with Gasteiger partial charge < -0.3 is 0 Å². The zero-order valence-electron chi connectivity index (χ0n) is 6.01. The number of thiazole rings is 1. The Labute approximate surface area is 59.8 Å². The summed E-state index contributed by atoms with van der Waals surface area (Å²) in [5.41, 5.74) is 3.10. The minimum atomic E-state index is 0.637. The van der Waals surface area contributed by atoms with E-state index in [9.17, 15) is 0 Å². The van der Waals surface area contributed by atoms with E-state index in [0.29, 0.717) is 5.92 Å². The maximum absolute atomic E-state index is 4.16. The first kappa shape index (κ1) is 6.75. The molecule has 0 unspecified atom stereocenters. The number of hydrogen-bond acceptors (Lipinski definition) is 2. The first-order valence-electron chi connectivity index (χ1n) is 3.12. The summed E-state index contributed by atoms with van der Waals surface area (Å²) >= 11 is 1.75. The predicted octanol–water partition coefficient (Wildman–Crippen LogP) is 2.57. The van der Waals surface area contributed by atoms with Crippen molar-refractivity contribution in [3.05, 3.63) is 16.1 Å². The third-order valence-electron chi connectivity index (χ3n) is 1.31. The summed E-state index contributed by atoms with van der Waals surface area (Å²) in [6, 6.07) is 0. The van der Waals surface area contributed by atoms with Gasteiger partial charge in [0.05, 0.1) is 11.2 Å². The molecule has 0 saturated carbocycles. The van der Waals surface area contributed by atoms with Gasteiger partial charge in [0, 0.05) is 4.88 Å². The van der Waals surface area contributed by atoms with Crippen molar-refractivity contribution >= 4 is 11.3 Å². The molecule has 50 valence electrons. The molecule has 1 aromatic heterocycles. The lowest BCUT2D eigenvalue weighted by atomic mass is 10.1. The van der Waals surface area contributed by atoms with Crippen molar-refractivity contribution in [3.8, 4) is 0 Å². The van der Waals surface area contributed by atoms with Crippen LogP contribution in [0.5, 0.6) is 0 Å². The summed E-state index contributed by atoms with van der Waals surface area (Å²) in [6.45, 7) is 6.45. The van der Waals surface area contributed by atoms with Crippen molar-refractivity contribution < 1.29 is 0 Å². The number of rotatable bonds is 1. The van der Waals surface area contributed by atoms with E-state index < -0.39 is 0 Å². The fourth-order valence-electron chi connectivity index (χ4n) is 0.865. The fraction of sp³-hybridized carbons (Fsp3) is 0.571. The van der Waals surface area contributed by atoms with Crippen LogP contribution in [0.3, 0.4) is 0 Å². The van der Waals surface area contributed by atoms with Crippen LogP contribution in [0.15, 0.2) is 5.51 Å². The lowest BCUT2D eigenvalue weighted by molar-refractivity contribution is 0.873. The Morgan fingerprint density at radius 1 is 1.56 bits per heavy atom. The molecule has 0 fully saturated rings. The normalized spacial score (nSPS) is 10.7. The Hall–Kier alpha value is -0.370. The maximum atomic E-state index is 4.16. The quantitative estimate of drug-likeness (QED) is 0.585. The van der Waals surface area contributed by atoms with Crippen LogP contribution in [0.4, 0.5) is 0 Å². The number of hydrogen-bond donors (Lipinski definition) is 0. The van der Waals surface area contributed by atoms with Gasteiger partial charge in [-0.2, -0.15) is 0 Å². The van der Waals surface area contributed by atoms with Gasteiger partial charge in [-0.3, -0.25) is 0 Å². The Morgan fingerprint density at radius 2 is 2.22 bits per heavy atom. The summed E-state index contributed by atoms with van der Waals surface area (Å²) in [7, 11) is 0. The lowest BCUT2D eigenvalue weighted by Crippen LogP contribution is -1.84. The smallest absolute Gasteiger partial charge is 0.0797 e. The van der Waals surface area contributed by atoms with Crippen molar-refractivity contribution in [1.82, 2.24) is 4.98 Å². The second kappa shape index (κ2) is 2.48. The first-order chi connectivity index (χ1) is 4.22. The lowest BCUT2D eigenvalue weighted by Gasteiger charge is -1.98. The van der Waals surface area contributed by atoms with Gasteiger partial charge in [-0.25, -0.2) is 4.98 Å². The second-order valence-corrected chi connectivity index (χ2v) is 3.34. The van der Waals surface area contributed by atoms with Gasteiger partial charge in [0.25, 0.3) is 0 Å². The number of nitrogens with zero attached hydrogens (tertiary/aromatic N) is 1. The molecule has 0 spiro atoms. The molecule has 1 nitrogen and oxygen atoms in total. The van der Waals surface area contributed by atoms with E-state index in [1.807, 2.05) is 5.51 Å². The van der Waals surface area contributed by atoms with Gasteiger partial charge in [0.1, 0.15) is 0 Å². The van der Waals surface area contributed by atoms with Crippen molar-refractivity contribution in [2.75, 3.05) is 0 Å². The minimum absolute atomic E-state index is 0.637. The zero-order valence-corrected chi connectivity index (χ0v) is 6.83. The molecule has 0 aliphatic carbocycles. The van der Waals surface area contributed by atoms with Crippen LogP contribution >= 0.6 is 11.3 Å². The van der Waals surface area contributed by atoms with Crippen LogP contribution in [0.1, 0.15) is 30.3 Å². The van der Waals surface area contributed by atoms with E-state index in [4.69, 9.17) is 0 Å². The highest BCUT2D eigenvalue weighted by atomic mass is 32.1. The summed E-state index contributed by atoms with van der Waals surface area (Å²) in [5, 5.41) is 0. The fourth-order valence-corrected chi connectivity index (χ4v) is 1.68. The van der Waals surface area contributed by atoms with E-state index in [2.05, 4.69) is 25.8 Å². The monoisotopic (exact) mass is 141 g/mol. The Kier molecular flexibility index (Phi) is 1.86. The van der Waals surface area contributed by atoms with Crippen LogP contribution in [-0.2, 0) is 0 Å². The molecule has 1 heterocycles.